The molecule has 0 aliphatic carbocycles. The maximum Gasteiger partial charge on any atom is 0.225 e. The monoisotopic (exact) mass is 268 g/mol. The number of nitrogens with one attached hydrogen (secondary N) is 1. The van der Waals surface area contributed by atoms with Crippen LogP contribution in [0.25, 0.3) is 0 Å². The van der Waals surface area contributed by atoms with Crippen molar-refractivity contribution in [2.45, 2.75) is 20.3 Å². The molecule has 18 heavy (non-hydrogen) atoms. The summed E-state index contributed by atoms with van der Waals surface area (Å²) in [4.78, 5) is 11.7. The standard InChI is InChI=1S/C13H20N2O2S/c1-10(2)9-18(17)8-7-13(16)15-12-6-4-3-5-11(12)14/h3-6,10H,7-9,14H2,1-2H3,(H,15,16). The Morgan fingerprint density at radius 3 is 2.67 bits per heavy atom. The zero-order chi connectivity index (χ0) is 13.5. The minimum atomic E-state index is -0.926. The van der Waals surface area contributed by atoms with E-state index in [9.17, 15) is 9.00 Å². The van der Waals surface area contributed by atoms with Crippen LogP contribution in [-0.4, -0.2) is 21.6 Å². The van der Waals surface area contributed by atoms with Crippen LogP contribution in [-0.2, 0) is 15.6 Å². The highest BCUT2D eigenvalue weighted by molar-refractivity contribution is 7.85. The zero-order valence-corrected chi connectivity index (χ0v) is 11.6. The van der Waals surface area contributed by atoms with E-state index in [-0.39, 0.29) is 12.3 Å². The van der Waals surface area contributed by atoms with Crippen molar-refractivity contribution in [3.63, 3.8) is 0 Å². The van der Waals surface area contributed by atoms with Gasteiger partial charge in [-0.25, -0.2) is 0 Å². The first-order valence-corrected chi connectivity index (χ1v) is 7.47. The van der Waals surface area contributed by atoms with Crippen molar-refractivity contribution in [1.29, 1.82) is 0 Å². The lowest BCUT2D eigenvalue weighted by Gasteiger charge is -2.08. The zero-order valence-electron chi connectivity index (χ0n) is 10.8. The SMILES string of the molecule is CC(C)CS(=O)CCC(=O)Nc1ccccc1N. The number of para-hydroxylation sites is 2. The Morgan fingerprint density at radius 1 is 1.39 bits per heavy atom. The minimum Gasteiger partial charge on any atom is -0.397 e. The fraction of sp³-hybridized carbons (Fsp3) is 0.462. The second-order valence-corrected chi connectivity index (χ2v) is 6.21. The van der Waals surface area contributed by atoms with Gasteiger partial charge in [-0.15, -0.1) is 0 Å². The van der Waals surface area contributed by atoms with Crippen molar-refractivity contribution in [2.24, 2.45) is 5.92 Å². The molecule has 0 heterocycles. The molecule has 0 spiro atoms. The largest absolute Gasteiger partial charge is 0.397 e. The van der Waals surface area contributed by atoms with Gasteiger partial charge in [-0.05, 0) is 18.1 Å². The van der Waals surface area contributed by atoms with E-state index in [1.165, 1.54) is 0 Å². The molecule has 0 fully saturated rings. The van der Waals surface area contributed by atoms with Crippen LogP contribution >= 0.6 is 0 Å². The quantitative estimate of drug-likeness (QED) is 0.775. The van der Waals surface area contributed by atoms with Gasteiger partial charge in [0.05, 0.1) is 11.4 Å². The smallest absolute Gasteiger partial charge is 0.225 e. The fourth-order valence-corrected chi connectivity index (χ4v) is 2.81. The fourth-order valence-electron chi connectivity index (χ4n) is 1.49. The van der Waals surface area contributed by atoms with Crippen LogP contribution in [0, 0.1) is 5.92 Å². The normalized spacial score (nSPS) is 12.4. The van der Waals surface area contributed by atoms with Crippen molar-refractivity contribution in [1.82, 2.24) is 0 Å². The first-order chi connectivity index (χ1) is 8.49. The van der Waals surface area contributed by atoms with Crippen molar-refractivity contribution >= 4 is 28.1 Å². The summed E-state index contributed by atoms with van der Waals surface area (Å²) in [6, 6.07) is 7.09. The Kier molecular flexibility index (Phi) is 5.85. The van der Waals surface area contributed by atoms with Gasteiger partial charge in [0.2, 0.25) is 5.91 Å². The molecule has 0 bridgehead atoms. The Labute approximate surface area is 110 Å². The van der Waals surface area contributed by atoms with Gasteiger partial charge in [-0.1, -0.05) is 26.0 Å². The van der Waals surface area contributed by atoms with Crippen LogP contribution in [0.4, 0.5) is 11.4 Å². The third-order valence-corrected chi connectivity index (χ3v) is 4.01. The predicted molar refractivity (Wildman–Crippen MR) is 76.8 cm³/mol. The molecule has 3 N–H and O–H groups in total. The lowest BCUT2D eigenvalue weighted by molar-refractivity contribution is -0.115. The molecule has 1 amide bonds. The molecule has 5 heteroatoms. The van der Waals surface area contributed by atoms with Crippen LogP contribution in [0.3, 0.4) is 0 Å². The maximum absolute atomic E-state index is 11.7. The topological polar surface area (TPSA) is 72.2 Å². The number of benzene rings is 1. The first kappa shape index (κ1) is 14.7. The van der Waals surface area contributed by atoms with Gasteiger partial charge in [-0.3, -0.25) is 9.00 Å². The van der Waals surface area contributed by atoms with Crippen LogP contribution in [0.1, 0.15) is 20.3 Å². The van der Waals surface area contributed by atoms with Gasteiger partial charge in [0, 0.05) is 28.7 Å². The summed E-state index contributed by atoms with van der Waals surface area (Å²) in [5.41, 5.74) is 6.86. The van der Waals surface area contributed by atoms with Crippen molar-refractivity contribution in [2.75, 3.05) is 22.6 Å². The van der Waals surface area contributed by atoms with Gasteiger partial charge in [-0.2, -0.15) is 0 Å². The van der Waals surface area contributed by atoms with Gasteiger partial charge in [0.25, 0.3) is 0 Å². The molecule has 0 aliphatic heterocycles. The molecule has 0 radical (unpaired) electrons. The summed E-state index contributed by atoms with van der Waals surface area (Å²) in [6.45, 7) is 4.03. The number of rotatable bonds is 6. The van der Waals surface area contributed by atoms with E-state index >= 15 is 0 Å². The third-order valence-electron chi connectivity index (χ3n) is 2.31. The molecular weight excluding hydrogens is 248 g/mol. The highest BCUT2D eigenvalue weighted by Crippen LogP contribution is 2.16. The van der Waals surface area contributed by atoms with E-state index < -0.39 is 10.8 Å². The molecule has 0 aromatic heterocycles. The van der Waals surface area contributed by atoms with Crippen molar-refractivity contribution in [3.05, 3.63) is 24.3 Å². The van der Waals surface area contributed by atoms with E-state index in [1.54, 1.807) is 12.1 Å². The molecule has 4 nitrogen and oxygen atoms in total. The molecule has 1 rings (SSSR count). The Morgan fingerprint density at radius 2 is 2.06 bits per heavy atom. The minimum absolute atomic E-state index is 0.148. The highest BCUT2D eigenvalue weighted by atomic mass is 32.2. The molecule has 0 aliphatic rings. The number of amides is 1. The summed E-state index contributed by atoms with van der Waals surface area (Å²) in [5, 5.41) is 2.72. The van der Waals surface area contributed by atoms with E-state index in [1.807, 2.05) is 26.0 Å². The Bertz CT molecular complexity index is 433. The molecule has 0 saturated carbocycles. The number of anilines is 2. The molecular formula is C13H20N2O2S. The van der Waals surface area contributed by atoms with E-state index in [4.69, 9.17) is 5.73 Å². The summed E-state index contributed by atoms with van der Waals surface area (Å²) >= 11 is 0. The van der Waals surface area contributed by atoms with Crippen LogP contribution < -0.4 is 11.1 Å². The molecule has 1 unspecified atom stereocenters. The second kappa shape index (κ2) is 7.16. The van der Waals surface area contributed by atoms with Crippen LogP contribution in [0.15, 0.2) is 24.3 Å². The summed E-state index contributed by atoms with van der Waals surface area (Å²) < 4.78 is 11.6. The molecule has 1 aromatic carbocycles. The van der Waals surface area contributed by atoms with Gasteiger partial charge >= 0.3 is 0 Å². The number of nitrogens with two attached hydrogens (primary N) is 1. The number of carbonyl (C=O) groups excluding carboxylic acids is 1. The number of nitrogen functional groups attached to an aromatic ring is 1. The van der Waals surface area contributed by atoms with Gasteiger partial charge in [0.15, 0.2) is 0 Å². The van der Waals surface area contributed by atoms with Crippen molar-refractivity contribution < 1.29 is 9.00 Å². The number of hydrogen-bond donors (Lipinski definition) is 2. The second-order valence-electron chi connectivity index (χ2n) is 4.59. The number of hydrogen-bond acceptors (Lipinski definition) is 3. The Balaban J connectivity index is 2.39. The summed E-state index contributed by atoms with van der Waals surface area (Å²) in [7, 11) is -0.926. The lowest BCUT2D eigenvalue weighted by atomic mass is 10.2. The Hall–Kier alpha value is -1.36. The molecule has 1 aromatic rings. The van der Waals surface area contributed by atoms with Crippen LogP contribution in [0.2, 0.25) is 0 Å². The highest BCUT2D eigenvalue weighted by Gasteiger charge is 2.08. The van der Waals surface area contributed by atoms with E-state index in [0.29, 0.717) is 28.8 Å². The average Bonchev–Trinajstić information content (AvgIpc) is 2.29. The maximum atomic E-state index is 11.7. The lowest BCUT2D eigenvalue weighted by Crippen LogP contribution is -2.17. The summed E-state index contributed by atoms with van der Waals surface area (Å²) in [6.07, 6.45) is 0.258. The molecule has 0 saturated heterocycles. The molecule has 1 atom stereocenters. The average molecular weight is 268 g/mol. The first-order valence-electron chi connectivity index (χ1n) is 5.98. The number of carbonyl (C=O) groups is 1. The van der Waals surface area contributed by atoms with Gasteiger partial charge < -0.3 is 11.1 Å². The molecule has 100 valence electrons. The predicted octanol–water partition coefficient (Wildman–Crippen LogP) is 2.00. The van der Waals surface area contributed by atoms with E-state index in [0.717, 1.165) is 0 Å². The third kappa shape index (κ3) is 5.31. The van der Waals surface area contributed by atoms with Crippen LogP contribution in [0.5, 0.6) is 0 Å². The van der Waals surface area contributed by atoms with E-state index in [2.05, 4.69) is 5.32 Å². The van der Waals surface area contributed by atoms with Gasteiger partial charge in [0.1, 0.15) is 0 Å². The summed E-state index contributed by atoms with van der Waals surface area (Å²) in [5.74, 6) is 1.28. The van der Waals surface area contributed by atoms with Crippen molar-refractivity contribution in [3.8, 4) is 0 Å².